The van der Waals surface area contributed by atoms with Gasteiger partial charge in [-0.05, 0) is 25.1 Å². The summed E-state index contributed by atoms with van der Waals surface area (Å²) in [6.07, 6.45) is 1.44. The molecule has 0 radical (unpaired) electrons. The standard InChI is InChI=1S/C10H7FO2/c1-6(12)9-8(11)3-2-7-4-5-13-10(7)9/h2-5H,1H3. The number of benzene rings is 1. The number of rotatable bonds is 1. The lowest BCUT2D eigenvalue weighted by Crippen LogP contribution is -1.96. The van der Waals surface area contributed by atoms with Crippen molar-refractivity contribution in [3.8, 4) is 0 Å². The highest BCUT2D eigenvalue weighted by Crippen LogP contribution is 2.22. The summed E-state index contributed by atoms with van der Waals surface area (Å²) in [7, 11) is 0. The van der Waals surface area contributed by atoms with Gasteiger partial charge in [0.15, 0.2) is 5.78 Å². The average molecular weight is 178 g/mol. The third-order valence-electron chi connectivity index (χ3n) is 1.92. The molecule has 0 N–H and O–H groups in total. The Balaban J connectivity index is 2.88. The second-order valence-electron chi connectivity index (χ2n) is 2.82. The topological polar surface area (TPSA) is 30.2 Å². The highest BCUT2D eigenvalue weighted by molar-refractivity contribution is 6.05. The second kappa shape index (κ2) is 2.69. The van der Waals surface area contributed by atoms with Crippen LogP contribution in [0.25, 0.3) is 11.0 Å². The van der Waals surface area contributed by atoms with Crippen LogP contribution < -0.4 is 0 Å². The van der Waals surface area contributed by atoms with Crippen molar-refractivity contribution >= 4 is 16.8 Å². The van der Waals surface area contributed by atoms with E-state index in [9.17, 15) is 9.18 Å². The van der Waals surface area contributed by atoms with E-state index in [-0.39, 0.29) is 11.3 Å². The van der Waals surface area contributed by atoms with Crippen molar-refractivity contribution in [2.45, 2.75) is 6.92 Å². The predicted octanol–water partition coefficient (Wildman–Crippen LogP) is 2.77. The van der Waals surface area contributed by atoms with Gasteiger partial charge in [0.1, 0.15) is 11.4 Å². The van der Waals surface area contributed by atoms with E-state index < -0.39 is 5.82 Å². The minimum absolute atomic E-state index is 0.0301. The van der Waals surface area contributed by atoms with Crippen LogP contribution in [0.4, 0.5) is 4.39 Å². The molecule has 1 aromatic heterocycles. The van der Waals surface area contributed by atoms with Gasteiger partial charge in [0.25, 0.3) is 0 Å². The number of carbonyl (C=O) groups excluding carboxylic acids is 1. The number of Topliss-reactive ketones (excluding diaryl/α,β-unsaturated/α-hetero) is 1. The van der Waals surface area contributed by atoms with E-state index in [2.05, 4.69) is 0 Å². The Morgan fingerprint density at radius 1 is 1.38 bits per heavy atom. The van der Waals surface area contributed by atoms with E-state index >= 15 is 0 Å². The van der Waals surface area contributed by atoms with Gasteiger partial charge >= 0.3 is 0 Å². The molecule has 0 saturated heterocycles. The fraction of sp³-hybridized carbons (Fsp3) is 0.100. The largest absolute Gasteiger partial charge is 0.463 e. The number of furan rings is 1. The van der Waals surface area contributed by atoms with Crippen LogP contribution in [0, 0.1) is 5.82 Å². The molecule has 0 unspecified atom stereocenters. The summed E-state index contributed by atoms with van der Waals surface area (Å²) in [6.45, 7) is 1.32. The molecule has 1 heterocycles. The molecule has 0 amide bonds. The molecule has 0 fully saturated rings. The molecule has 0 atom stereocenters. The first kappa shape index (κ1) is 7.98. The minimum atomic E-state index is -0.532. The van der Waals surface area contributed by atoms with Gasteiger partial charge in [-0.1, -0.05) is 0 Å². The first-order chi connectivity index (χ1) is 6.20. The molecule has 0 bridgehead atoms. The number of carbonyl (C=O) groups is 1. The minimum Gasteiger partial charge on any atom is -0.463 e. The molecule has 0 spiro atoms. The molecular formula is C10H7FO2. The second-order valence-corrected chi connectivity index (χ2v) is 2.82. The molecule has 2 rings (SSSR count). The number of halogens is 1. The third-order valence-corrected chi connectivity index (χ3v) is 1.92. The van der Waals surface area contributed by atoms with E-state index in [1.807, 2.05) is 0 Å². The van der Waals surface area contributed by atoms with E-state index in [1.54, 1.807) is 12.1 Å². The summed E-state index contributed by atoms with van der Waals surface area (Å²) < 4.78 is 18.2. The van der Waals surface area contributed by atoms with Gasteiger partial charge in [0.2, 0.25) is 0 Å². The van der Waals surface area contributed by atoms with Gasteiger partial charge in [0, 0.05) is 5.39 Å². The van der Waals surface area contributed by atoms with Crippen molar-refractivity contribution in [2.24, 2.45) is 0 Å². The Morgan fingerprint density at radius 2 is 2.15 bits per heavy atom. The number of hydrogen-bond donors (Lipinski definition) is 0. The maximum Gasteiger partial charge on any atom is 0.166 e. The lowest BCUT2D eigenvalue weighted by Gasteiger charge is -1.98. The number of hydrogen-bond acceptors (Lipinski definition) is 2. The Bertz CT molecular complexity index is 471. The van der Waals surface area contributed by atoms with E-state index in [0.29, 0.717) is 5.58 Å². The van der Waals surface area contributed by atoms with Gasteiger partial charge in [-0.3, -0.25) is 4.79 Å². The van der Waals surface area contributed by atoms with Gasteiger partial charge in [0.05, 0.1) is 11.8 Å². The van der Waals surface area contributed by atoms with Crippen LogP contribution in [0.3, 0.4) is 0 Å². The van der Waals surface area contributed by atoms with Crippen LogP contribution in [0.15, 0.2) is 28.9 Å². The smallest absolute Gasteiger partial charge is 0.166 e. The molecule has 3 heteroatoms. The van der Waals surface area contributed by atoms with Crippen LogP contribution in [0.5, 0.6) is 0 Å². The van der Waals surface area contributed by atoms with Crippen molar-refractivity contribution < 1.29 is 13.6 Å². The van der Waals surface area contributed by atoms with E-state index in [1.165, 1.54) is 19.3 Å². The van der Waals surface area contributed by atoms with Crippen LogP contribution in [0.2, 0.25) is 0 Å². The highest BCUT2D eigenvalue weighted by atomic mass is 19.1. The Kier molecular flexibility index (Phi) is 1.65. The monoisotopic (exact) mass is 178 g/mol. The summed E-state index contributed by atoms with van der Waals surface area (Å²) >= 11 is 0. The van der Waals surface area contributed by atoms with Crippen molar-refractivity contribution in [3.05, 3.63) is 35.8 Å². The maximum absolute atomic E-state index is 13.2. The van der Waals surface area contributed by atoms with Crippen molar-refractivity contribution in [3.63, 3.8) is 0 Å². The highest BCUT2D eigenvalue weighted by Gasteiger charge is 2.13. The van der Waals surface area contributed by atoms with Crippen LogP contribution in [0.1, 0.15) is 17.3 Å². The van der Waals surface area contributed by atoms with Crippen LogP contribution in [-0.4, -0.2) is 5.78 Å². The Morgan fingerprint density at radius 3 is 2.85 bits per heavy atom. The van der Waals surface area contributed by atoms with Crippen molar-refractivity contribution in [2.75, 3.05) is 0 Å². The quantitative estimate of drug-likeness (QED) is 0.628. The molecule has 0 saturated carbocycles. The first-order valence-electron chi connectivity index (χ1n) is 3.87. The van der Waals surface area contributed by atoms with Gasteiger partial charge in [-0.2, -0.15) is 0 Å². The predicted molar refractivity (Wildman–Crippen MR) is 46.2 cm³/mol. The molecule has 1 aromatic carbocycles. The van der Waals surface area contributed by atoms with Gasteiger partial charge in [-0.15, -0.1) is 0 Å². The summed E-state index contributed by atoms with van der Waals surface area (Å²) in [5.74, 6) is -0.854. The normalized spacial score (nSPS) is 10.6. The molecule has 0 aliphatic rings. The Hall–Kier alpha value is -1.64. The summed E-state index contributed by atoms with van der Waals surface area (Å²) in [4.78, 5) is 11.1. The fourth-order valence-corrected chi connectivity index (χ4v) is 1.34. The fourth-order valence-electron chi connectivity index (χ4n) is 1.34. The zero-order valence-corrected chi connectivity index (χ0v) is 7.00. The van der Waals surface area contributed by atoms with Gasteiger partial charge in [-0.25, -0.2) is 4.39 Å². The Labute approximate surface area is 74.0 Å². The number of ketones is 1. The SMILES string of the molecule is CC(=O)c1c(F)ccc2ccoc12. The van der Waals surface area contributed by atoms with Crippen LogP contribution in [-0.2, 0) is 0 Å². The van der Waals surface area contributed by atoms with E-state index in [4.69, 9.17) is 4.42 Å². The molecule has 2 aromatic rings. The first-order valence-corrected chi connectivity index (χ1v) is 3.87. The van der Waals surface area contributed by atoms with Gasteiger partial charge < -0.3 is 4.42 Å². The maximum atomic E-state index is 13.2. The zero-order valence-electron chi connectivity index (χ0n) is 7.00. The third kappa shape index (κ3) is 1.13. The summed E-state index contributed by atoms with van der Waals surface area (Å²) in [5.41, 5.74) is 0.356. The average Bonchev–Trinajstić information content (AvgIpc) is 2.50. The van der Waals surface area contributed by atoms with Crippen molar-refractivity contribution in [1.29, 1.82) is 0 Å². The molecule has 0 aliphatic carbocycles. The van der Waals surface area contributed by atoms with Crippen molar-refractivity contribution in [1.82, 2.24) is 0 Å². The molecular weight excluding hydrogens is 171 g/mol. The molecule has 13 heavy (non-hydrogen) atoms. The van der Waals surface area contributed by atoms with Crippen LogP contribution >= 0.6 is 0 Å². The lowest BCUT2D eigenvalue weighted by molar-refractivity contribution is 0.101. The number of fused-ring (bicyclic) bond motifs is 1. The zero-order chi connectivity index (χ0) is 9.42. The lowest BCUT2D eigenvalue weighted by atomic mass is 10.1. The van der Waals surface area contributed by atoms with E-state index in [0.717, 1.165) is 5.39 Å². The molecule has 2 nitrogen and oxygen atoms in total. The molecule has 0 aliphatic heterocycles. The summed E-state index contributed by atoms with van der Waals surface area (Å²) in [5, 5.41) is 0.742. The molecule has 66 valence electrons. The summed E-state index contributed by atoms with van der Waals surface area (Å²) in [6, 6.07) is 4.55.